The van der Waals surface area contributed by atoms with Crippen LogP contribution in [0.5, 0.6) is 5.75 Å². The van der Waals surface area contributed by atoms with E-state index in [1.54, 1.807) is 7.11 Å². The number of fused-ring (bicyclic) bond motifs is 1. The fraction of sp³-hybridized carbons (Fsp3) is 0.267. The molecule has 1 aliphatic rings. The summed E-state index contributed by atoms with van der Waals surface area (Å²) < 4.78 is 29.6. The summed E-state index contributed by atoms with van der Waals surface area (Å²) in [5.41, 5.74) is 0.922. The van der Waals surface area contributed by atoms with Gasteiger partial charge in [0.25, 0.3) is 0 Å². The van der Waals surface area contributed by atoms with E-state index in [9.17, 15) is 13.2 Å². The number of carbonyl (C=O) groups excluding carboxylic acids is 1. The van der Waals surface area contributed by atoms with Crippen molar-refractivity contribution in [2.75, 3.05) is 12.9 Å². The van der Waals surface area contributed by atoms with Gasteiger partial charge in [-0.25, -0.2) is 8.42 Å². The number of rotatable bonds is 4. The van der Waals surface area contributed by atoms with Crippen molar-refractivity contribution < 1.29 is 17.9 Å². The third-order valence-electron chi connectivity index (χ3n) is 3.57. The predicted octanol–water partition coefficient (Wildman–Crippen LogP) is 1.08. The van der Waals surface area contributed by atoms with Crippen molar-refractivity contribution in [3.8, 4) is 5.75 Å². The molecule has 1 aromatic heterocycles. The zero-order chi connectivity index (χ0) is 15.7. The SMILES string of the molecule is COc1ccc2c(ccn2CC(=O)NC2C=CS(=O)(=O)C2)c1. The van der Waals surface area contributed by atoms with Crippen LogP contribution in [0.2, 0.25) is 0 Å². The Bertz CT molecular complexity index is 852. The maximum Gasteiger partial charge on any atom is 0.240 e. The molecule has 0 fully saturated rings. The molecule has 7 heteroatoms. The van der Waals surface area contributed by atoms with E-state index in [0.29, 0.717) is 0 Å². The summed E-state index contributed by atoms with van der Waals surface area (Å²) in [6.07, 6.45) is 3.33. The molecule has 22 heavy (non-hydrogen) atoms. The van der Waals surface area contributed by atoms with Gasteiger partial charge in [0.15, 0.2) is 9.84 Å². The molecule has 1 atom stereocenters. The predicted molar refractivity (Wildman–Crippen MR) is 83.3 cm³/mol. The number of hydrogen-bond acceptors (Lipinski definition) is 4. The normalized spacial score (nSPS) is 19.4. The molecule has 0 saturated heterocycles. The van der Waals surface area contributed by atoms with E-state index in [4.69, 9.17) is 4.74 Å². The highest BCUT2D eigenvalue weighted by atomic mass is 32.2. The van der Waals surface area contributed by atoms with Crippen LogP contribution in [0.4, 0.5) is 0 Å². The zero-order valence-corrected chi connectivity index (χ0v) is 12.8. The lowest BCUT2D eigenvalue weighted by molar-refractivity contribution is -0.121. The Hall–Kier alpha value is -2.28. The zero-order valence-electron chi connectivity index (χ0n) is 12.0. The van der Waals surface area contributed by atoms with Crippen molar-refractivity contribution in [2.45, 2.75) is 12.6 Å². The fourth-order valence-electron chi connectivity index (χ4n) is 2.52. The molecule has 1 aromatic carbocycles. The number of nitrogens with zero attached hydrogens (tertiary/aromatic N) is 1. The van der Waals surface area contributed by atoms with Crippen molar-refractivity contribution in [3.05, 3.63) is 41.9 Å². The first kappa shape index (κ1) is 14.6. The number of amides is 1. The smallest absolute Gasteiger partial charge is 0.240 e. The van der Waals surface area contributed by atoms with Gasteiger partial charge in [-0.15, -0.1) is 0 Å². The number of benzene rings is 1. The minimum Gasteiger partial charge on any atom is -0.497 e. The van der Waals surface area contributed by atoms with Crippen LogP contribution >= 0.6 is 0 Å². The monoisotopic (exact) mass is 320 g/mol. The summed E-state index contributed by atoms with van der Waals surface area (Å²) in [7, 11) is -1.56. The topological polar surface area (TPSA) is 77.4 Å². The van der Waals surface area contributed by atoms with Gasteiger partial charge in [0.1, 0.15) is 12.3 Å². The van der Waals surface area contributed by atoms with Crippen LogP contribution in [0.3, 0.4) is 0 Å². The molecule has 1 unspecified atom stereocenters. The van der Waals surface area contributed by atoms with Gasteiger partial charge in [0.05, 0.1) is 18.9 Å². The highest BCUT2D eigenvalue weighted by Gasteiger charge is 2.23. The van der Waals surface area contributed by atoms with Gasteiger partial charge in [-0.2, -0.15) is 0 Å². The summed E-state index contributed by atoms with van der Waals surface area (Å²) >= 11 is 0. The maximum absolute atomic E-state index is 12.1. The second kappa shape index (κ2) is 5.49. The van der Waals surface area contributed by atoms with Crippen LogP contribution < -0.4 is 10.1 Å². The van der Waals surface area contributed by atoms with Crippen LogP contribution in [-0.4, -0.2) is 37.8 Å². The minimum atomic E-state index is -3.16. The molecule has 1 N–H and O–H groups in total. The number of hydrogen-bond donors (Lipinski definition) is 1. The van der Waals surface area contributed by atoms with E-state index in [2.05, 4.69) is 5.32 Å². The third kappa shape index (κ3) is 2.99. The summed E-state index contributed by atoms with van der Waals surface area (Å²) in [6.45, 7) is 0.139. The van der Waals surface area contributed by atoms with Gasteiger partial charge in [0, 0.05) is 22.5 Å². The highest BCUT2D eigenvalue weighted by Crippen LogP contribution is 2.21. The number of ether oxygens (including phenoxy) is 1. The number of methoxy groups -OCH3 is 1. The molecule has 116 valence electrons. The first-order valence-corrected chi connectivity index (χ1v) is 8.51. The van der Waals surface area contributed by atoms with E-state index in [1.807, 2.05) is 35.0 Å². The first-order valence-electron chi connectivity index (χ1n) is 6.80. The van der Waals surface area contributed by atoms with Gasteiger partial charge < -0.3 is 14.6 Å². The Kier molecular flexibility index (Phi) is 3.66. The lowest BCUT2D eigenvalue weighted by Crippen LogP contribution is -2.37. The molecule has 0 spiro atoms. The van der Waals surface area contributed by atoms with Gasteiger partial charge in [-0.1, -0.05) is 0 Å². The third-order valence-corrected chi connectivity index (χ3v) is 4.96. The summed E-state index contributed by atoms with van der Waals surface area (Å²) in [5.74, 6) is 0.471. The number of sulfone groups is 1. The van der Waals surface area contributed by atoms with E-state index < -0.39 is 15.9 Å². The molecular formula is C15H16N2O4S. The molecule has 1 amide bonds. The highest BCUT2D eigenvalue weighted by molar-refractivity contribution is 7.94. The average Bonchev–Trinajstić information content (AvgIpc) is 3.01. The Balaban J connectivity index is 1.71. The van der Waals surface area contributed by atoms with E-state index >= 15 is 0 Å². The van der Waals surface area contributed by atoms with Crippen molar-refractivity contribution in [1.29, 1.82) is 0 Å². The summed E-state index contributed by atoms with van der Waals surface area (Å²) in [6, 6.07) is 7.09. The minimum absolute atomic E-state index is 0.0671. The Morgan fingerprint density at radius 1 is 1.41 bits per heavy atom. The van der Waals surface area contributed by atoms with Gasteiger partial charge in [0.2, 0.25) is 5.91 Å². The number of nitrogens with one attached hydrogen (secondary N) is 1. The first-order chi connectivity index (χ1) is 10.5. The number of carbonyl (C=O) groups is 1. The number of aromatic nitrogens is 1. The van der Waals surface area contributed by atoms with Crippen molar-refractivity contribution >= 4 is 26.6 Å². The lowest BCUT2D eigenvalue weighted by atomic mass is 10.2. The molecule has 1 aliphatic heterocycles. The Labute approximate surface area is 128 Å². The Morgan fingerprint density at radius 3 is 2.91 bits per heavy atom. The quantitative estimate of drug-likeness (QED) is 0.914. The van der Waals surface area contributed by atoms with Crippen LogP contribution in [0.1, 0.15) is 0 Å². The van der Waals surface area contributed by atoms with Crippen molar-refractivity contribution in [3.63, 3.8) is 0 Å². The largest absolute Gasteiger partial charge is 0.497 e. The van der Waals surface area contributed by atoms with Crippen LogP contribution in [-0.2, 0) is 21.2 Å². The van der Waals surface area contributed by atoms with Gasteiger partial charge in [-0.05, 0) is 30.3 Å². The Morgan fingerprint density at radius 2 is 2.23 bits per heavy atom. The van der Waals surface area contributed by atoms with Crippen LogP contribution in [0.15, 0.2) is 41.9 Å². The van der Waals surface area contributed by atoms with Crippen molar-refractivity contribution in [2.24, 2.45) is 0 Å². The summed E-state index contributed by atoms with van der Waals surface area (Å²) in [5, 5.41) is 4.84. The van der Waals surface area contributed by atoms with E-state index in [1.165, 1.54) is 6.08 Å². The van der Waals surface area contributed by atoms with E-state index in [-0.39, 0.29) is 18.2 Å². The lowest BCUT2D eigenvalue weighted by Gasteiger charge is -2.11. The standard InChI is InChI=1S/C15H16N2O4S/c1-21-13-2-3-14-11(8-13)4-6-17(14)9-15(18)16-12-5-7-22(19,20)10-12/h2-8,12H,9-10H2,1H3,(H,16,18). The summed E-state index contributed by atoms with van der Waals surface area (Å²) in [4.78, 5) is 12.1. The molecule has 2 aromatic rings. The van der Waals surface area contributed by atoms with Gasteiger partial charge >= 0.3 is 0 Å². The molecule has 3 rings (SSSR count). The van der Waals surface area contributed by atoms with Crippen LogP contribution in [0.25, 0.3) is 10.9 Å². The molecular weight excluding hydrogens is 304 g/mol. The molecule has 0 bridgehead atoms. The fourth-order valence-corrected chi connectivity index (χ4v) is 3.75. The van der Waals surface area contributed by atoms with Crippen molar-refractivity contribution in [1.82, 2.24) is 9.88 Å². The maximum atomic E-state index is 12.1. The average molecular weight is 320 g/mol. The van der Waals surface area contributed by atoms with Crippen LogP contribution in [0, 0.1) is 0 Å². The molecule has 0 aliphatic carbocycles. The van der Waals surface area contributed by atoms with E-state index in [0.717, 1.165) is 22.1 Å². The second-order valence-electron chi connectivity index (χ2n) is 5.20. The second-order valence-corrected chi connectivity index (χ2v) is 7.13. The molecule has 0 saturated carbocycles. The molecule has 2 heterocycles. The molecule has 0 radical (unpaired) electrons. The van der Waals surface area contributed by atoms with Gasteiger partial charge in [-0.3, -0.25) is 4.79 Å². The molecule has 6 nitrogen and oxygen atoms in total.